The third-order valence-electron chi connectivity index (χ3n) is 6.77. The van der Waals surface area contributed by atoms with Crippen LogP contribution in [0.1, 0.15) is 24.4 Å². The molecule has 1 aliphatic carbocycles. The van der Waals surface area contributed by atoms with E-state index in [2.05, 4.69) is 20.3 Å². The average molecular weight is 445 g/mol. The second-order valence-corrected chi connectivity index (χ2v) is 8.81. The van der Waals surface area contributed by atoms with Crippen LogP contribution in [0.25, 0.3) is 21.9 Å². The van der Waals surface area contributed by atoms with E-state index in [9.17, 15) is 15.0 Å². The second-order valence-electron chi connectivity index (χ2n) is 8.81. The van der Waals surface area contributed by atoms with Gasteiger partial charge in [-0.25, -0.2) is 15.0 Å². The predicted molar refractivity (Wildman–Crippen MR) is 121 cm³/mol. The highest BCUT2D eigenvalue weighted by molar-refractivity contribution is 5.96. The molecule has 33 heavy (non-hydrogen) atoms. The number of aromatic nitrogens is 4. The normalized spacial score (nSPS) is 24.6. The summed E-state index contributed by atoms with van der Waals surface area (Å²) in [6, 6.07) is 9.62. The fraction of sp³-hybridized carbons (Fsp3) is 0.333. The van der Waals surface area contributed by atoms with Crippen molar-refractivity contribution in [2.75, 3.05) is 11.9 Å². The third-order valence-corrected chi connectivity index (χ3v) is 6.77. The number of hydrogen-bond acceptors (Lipinski definition) is 7. The summed E-state index contributed by atoms with van der Waals surface area (Å²) in [6.45, 7) is 0.000582. The van der Waals surface area contributed by atoms with Crippen LogP contribution < -0.4 is 10.1 Å². The van der Waals surface area contributed by atoms with Gasteiger partial charge in [0.05, 0.1) is 17.7 Å². The van der Waals surface area contributed by atoms with Gasteiger partial charge in [-0.05, 0) is 48.9 Å². The molecule has 1 fully saturated rings. The fourth-order valence-electron chi connectivity index (χ4n) is 5.04. The number of pyridine rings is 1. The van der Waals surface area contributed by atoms with Gasteiger partial charge in [-0.2, -0.15) is 0 Å². The van der Waals surface area contributed by atoms with E-state index in [0.717, 1.165) is 40.3 Å². The average Bonchev–Trinajstić information content (AvgIpc) is 3.37. The number of anilines is 1. The van der Waals surface area contributed by atoms with Crippen LogP contribution >= 0.6 is 0 Å². The van der Waals surface area contributed by atoms with Gasteiger partial charge in [0.1, 0.15) is 18.1 Å². The zero-order valence-corrected chi connectivity index (χ0v) is 17.8. The molecular formula is C24H23N5O4. The van der Waals surface area contributed by atoms with Gasteiger partial charge in [0.2, 0.25) is 0 Å². The van der Waals surface area contributed by atoms with E-state index in [1.165, 1.54) is 6.33 Å². The zero-order chi connectivity index (χ0) is 22.5. The number of aliphatic hydroxyl groups is 2. The van der Waals surface area contributed by atoms with Crippen LogP contribution in [-0.2, 0) is 11.2 Å². The molecule has 1 amide bonds. The van der Waals surface area contributed by atoms with Crippen molar-refractivity contribution in [3.05, 3.63) is 54.6 Å². The maximum Gasteiger partial charge on any atom is 0.263 e. The van der Waals surface area contributed by atoms with Crippen LogP contribution in [0.15, 0.2) is 49.1 Å². The largest absolute Gasteiger partial charge is 0.480 e. The number of fused-ring (bicyclic) bond motifs is 3. The lowest BCUT2D eigenvalue weighted by Crippen LogP contribution is -2.29. The summed E-state index contributed by atoms with van der Waals surface area (Å²) in [4.78, 5) is 24.5. The quantitative estimate of drug-likeness (QED) is 0.440. The molecule has 1 saturated carbocycles. The van der Waals surface area contributed by atoms with Crippen molar-refractivity contribution in [1.82, 2.24) is 19.5 Å². The lowest BCUT2D eigenvalue weighted by Gasteiger charge is -2.19. The number of hydrogen-bond donors (Lipinski definition) is 3. The topological polar surface area (TPSA) is 122 Å². The van der Waals surface area contributed by atoms with E-state index in [-0.39, 0.29) is 24.5 Å². The van der Waals surface area contributed by atoms with Crippen LogP contribution in [0.3, 0.4) is 0 Å². The van der Waals surface area contributed by atoms with Crippen LogP contribution in [0.5, 0.6) is 5.75 Å². The first kappa shape index (κ1) is 20.1. The van der Waals surface area contributed by atoms with Gasteiger partial charge in [0, 0.05) is 23.2 Å². The van der Waals surface area contributed by atoms with Crippen molar-refractivity contribution in [3.8, 4) is 5.75 Å². The molecule has 0 radical (unpaired) electrons. The molecule has 2 aliphatic rings. The zero-order valence-electron chi connectivity index (χ0n) is 17.8. The van der Waals surface area contributed by atoms with E-state index < -0.39 is 12.2 Å². The van der Waals surface area contributed by atoms with Crippen molar-refractivity contribution in [1.29, 1.82) is 0 Å². The molecule has 9 nitrogen and oxygen atoms in total. The summed E-state index contributed by atoms with van der Waals surface area (Å²) in [5, 5.41) is 26.1. The predicted octanol–water partition coefficient (Wildman–Crippen LogP) is 2.23. The van der Waals surface area contributed by atoms with Crippen LogP contribution in [0.4, 0.5) is 5.82 Å². The molecule has 1 aliphatic heterocycles. The Morgan fingerprint density at radius 3 is 2.97 bits per heavy atom. The van der Waals surface area contributed by atoms with Crippen LogP contribution in [0.2, 0.25) is 0 Å². The minimum absolute atomic E-state index is 0.000582. The molecule has 168 valence electrons. The Kier molecular flexibility index (Phi) is 4.74. The molecule has 0 unspecified atom stereocenters. The number of ether oxygens (including phenoxy) is 1. The molecule has 6 rings (SSSR count). The van der Waals surface area contributed by atoms with Crippen molar-refractivity contribution in [2.24, 2.45) is 5.92 Å². The minimum atomic E-state index is -0.853. The summed E-state index contributed by atoms with van der Waals surface area (Å²) in [7, 11) is 0. The van der Waals surface area contributed by atoms with Crippen molar-refractivity contribution in [2.45, 2.75) is 37.5 Å². The van der Waals surface area contributed by atoms with E-state index in [1.54, 1.807) is 6.20 Å². The smallest absolute Gasteiger partial charge is 0.263 e. The van der Waals surface area contributed by atoms with E-state index in [1.807, 2.05) is 41.1 Å². The Morgan fingerprint density at radius 2 is 2.06 bits per heavy atom. The highest BCUT2D eigenvalue weighted by atomic mass is 16.5. The van der Waals surface area contributed by atoms with Crippen molar-refractivity contribution < 1.29 is 19.7 Å². The second kappa shape index (κ2) is 7.79. The van der Waals surface area contributed by atoms with E-state index in [0.29, 0.717) is 18.0 Å². The lowest BCUT2D eigenvalue weighted by atomic mass is 9.95. The van der Waals surface area contributed by atoms with E-state index >= 15 is 0 Å². The van der Waals surface area contributed by atoms with Crippen LogP contribution in [-0.4, -0.2) is 54.5 Å². The van der Waals surface area contributed by atoms with Gasteiger partial charge >= 0.3 is 0 Å². The fourth-order valence-corrected chi connectivity index (χ4v) is 5.04. The SMILES string of the molecule is O=C1COc2cc3ccc(CC[C@H]4C[C@@H](n5ccc6cncnc65)[C@H](O)[C@@H]4O)cc3nc2N1. The lowest BCUT2D eigenvalue weighted by molar-refractivity contribution is -0.118. The molecule has 0 saturated heterocycles. The standard InChI is InChI=1S/C24H23N5O4/c30-20-11-33-19-9-14-3-1-13(7-17(14)27-23(19)28-20)2-4-15-8-18(22(32)21(15)31)29-6-5-16-10-25-12-26-24(16)29/h1,3,5-7,9-10,12,15,18,21-22,31-32H,2,4,8,11H2,(H,27,28,30)/t15-,18+,21+,22-/m0/s1. The summed E-state index contributed by atoms with van der Waals surface area (Å²) in [5.41, 5.74) is 2.63. The van der Waals surface area contributed by atoms with Crippen LogP contribution in [0, 0.1) is 5.92 Å². The molecule has 4 heterocycles. The first-order chi connectivity index (χ1) is 16.1. The summed E-state index contributed by atoms with van der Waals surface area (Å²) in [6.07, 6.45) is 5.64. The number of amides is 1. The highest BCUT2D eigenvalue weighted by Gasteiger charge is 2.42. The Hall–Kier alpha value is -3.56. The summed E-state index contributed by atoms with van der Waals surface area (Å²) in [5.74, 6) is 0.766. The molecule has 9 heteroatoms. The maximum atomic E-state index is 11.6. The number of carbonyl (C=O) groups is 1. The van der Waals surface area contributed by atoms with Gasteiger partial charge in [0.15, 0.2) is 18.2 Å². The van der Waals surface area contributed by atoms with Gasteiger partial charge in [-0.15, -0.1) is 0 Å². The number of aryl methyl sites for hydroxylation is 1. The molecule has 3 aromatic heterocycles. The molecule has 3 N–H and O–H groups in total. The Balaban J connectivity index is 1.19. The van der Waals surface area contributed by atoms with Gasteiger partial charge in [-0.1, -0.05) is 12.1 Å². The Labute approximate surface area is 189 Å². The van der Waals surface area contributed by atoms with Gasteiger partial charge < -0.3 is 24.8 Å². The number of benzene rings is 1. The first-order valence-electron chi connectivity index (χ1n) is 11.1. The third kappa shape index (κ3) is 3.49. The molecule has 4 aromatic rings. The summed E-state index contributed by atoms with van der Waals surface area (Å²) < 4.78 is 7.39. The monoisotopic (exact) mass is 445 g/mol. The molecule has 0 bridgehead atoms. The molecular weight excluding hydrogens is 422 g/mol. The Bertz CT molecular complexity index is 1370. The summed E-state index contributed by atoms with van der Waals surface area (Å²) >= 11 is 0. The van der Waals surface area contributed by atoms with Crippen molar-refractivity contribution in [3.63, 3.8) is 0 Å². The van der Waals surface area contributed by atoms with Crippen molar-refractivity contribution >= 4 is 33.7 Å². The minimum Gasteiger partial charge on any atom is -0.480 e. The van der Waals surface area contributed by atoms with Gasteiger partial charge in [-0.3, -0.25) is 4.79 Å². The molecule has 4 atom stereocenters. The maximum absolute atomic E-state index is 11.6. The highest BCUT2D eigenvalue weighted by Crippen LogP contribution is 2.39. The number of rotatable bonds is 4. The molecule has 1 aromatic carbocycles. The number of nitrogens with one attached hydrogen (secondary N) is 1. The van der Waals surface area contributed by atoms with Gasteiger partial charge in [0.25, 0.3) is 5.91 Å². The Morgan fingerprint density at radius 1 is 1.15 bits per heavy atom. The first-order valence-corrected chi connectivity index (χ1v) is 11.1. The number of nitrogens with zero attached hydrogens (tertiary/aromatic N) is 4. The number of aliphatic hydroxyl groups excluding tert-OH is 2. The van der Waals surface area contributed by atoms with E-state index in [4.69, 9.17) is 4.74 Å². The number of carbonyl (C=O) groups excluding carboxylic acids is 1. The molecule has 0 spiro atoms.